The molecule has 4 aromatic carbocycles. The molecule has 2 heteroatoms. The molecule has 36 heavy (non-hydrogen) atoms. The number of hydrogen-bond donors (Lipinski definition) is 0. The molecule has 0 aliphatic heterocycles. The van der Waals surface area contributed by atoms with Gasteiger partial charge in [-0.15, -0.1) is 0 Å². The first kappa shape index (κ1) is 25.9. The Kier molecular flexibility index (Phi) is 8.40. The predicted molar refractivity (Wildman–Crippen MR) is 164 cm³/mol. The van der Waals surface area contributed by atoms with Crippen molar-refractivity contribution in [3.05, 3.63) is 145 Å². The summed E-state index contributed by atoms with van der Waals surface area (Å²) < 4.78 is 0. The van der Waals surface area contributed by atoms with Gasteiger partial charge in [-0.3, -0.25) is 0 Å². The monoisotopic (exact) mass is 502 g/mol. The van der Waals surface area contributed by atoms with Crippen LogP contribution in [0.15, 0.2) is 145 Å². The van der Waals surface area contributed by atoms with Crippen LogP contribution in [0.3, 0.4) is 0 Å². The van der Waals surface area contributed by atoms with Crippen LogP contribution in [-0.4, -0.2) is 15.2 Å². The molecule has 182 valence electrons. The van der Waals surface area contributed by atoms with Gasteiger partial charge in [-0.05, 0) is 39.8 Å². The van der Waals surface area contributed by atoms with Crippen molar-refractivity contribution < 1.29 is 0 Å². The minimum atomic E-state index is -2.44. The minimum absolute atomic E-state index is 1.12. The maximum Gasteiger partial charge on any atom is 0.125 e. The molecule has 0 fully saturated rings. The van der Waals surface area contributed by atoms with E-state index in [2.05, 4.69) is 161 Å². The topological polar surface area (TPSA) is 0 Å². The van der Waals surface area contributed by atoms with Crippen LogP contribution in [0.1, 0.15) is 27.7 Å². The highest BCUT2D eigenvalue weighted by Gasteiger charge is 2.58. The molecule has 0 atom stereocenters. The zero-order chi connectivity index (χ0) is 25.4. The summed E-state index contributed by atoms with van der Waals surface area (Å²) in [7, 11) is -4.88. The van der Waals surface area contributed by atoms with Crippen LogP contribution in [0, 0.1) is 0 Å². The molecule has 0 bridgehead atoms. The second-order valence-corrected chi connectivity index (χ2v) is 21.7. The van der Waals surface area contributed by atoms with Crippen LogP contribution in [-0.2, 0) is 0 Å². The Morgan fingerprint density at radius 3 is 0.861 bits per heavy atom. The molecule has 0 heterocycles. The van der Waals surface area contributed by atoms with E-state index in [1.807, 2.05) is 0 Å². The third-order valence-corrected chi connectivity index (χ3v) is 25.7. The zero-order valence-electron chi connectivity index (χ0n) is 22.1. The Labute approximate surface area is 219 Å². The summed E-state index contributed by atoms with van der Waals surface area (Å²) >= 11 is 0. The molecular weight excluding hydrogens is 465 g/mol. The van der Waals surface area contributed by atoms with Crippen molar-refractivity contribution in [1.82, 2.24) is 0 Å². The van der Waals surface area contributed by atoms with Crippen molar-refractivity contribution >= 4 is 35.9 Å². The molecule has 0 nitrogen and oxygen atoms in total. The largest absolute Gasteiger partial charge is 0.125 e. The van der Waals surface area contributed by atoms with Crippen molar-refractivity contribution in [2.75, 3.05) is 0 Å². The van der Waals surface area contributed by atoms with Crippen molar-refractivity contribution in [2.45, 2.75) is 39.8 Å². The fourth-order valence-corrected chi connectivity index (χ4v) is 26.5. The second-order valence-electron chi connectivity index (χ2n) is 9.90. The molecule has 0 N–H and O–H groups in total. The van der Waals surface area contributed by atoms with Gasteiger partial charge in [-0.1, -0.05) is 165 Å². The van der Waals surface area contributed by atoms with Gasteiger partial charge in [0, 0.05) is 0 Å². The summed E-state index contributed by atoms with van der Waals surface area (Å²) in [6.45, 7) is 9.09. The quantitative estimate of drug-likeness (QED) is 0.180. The number of benzene rings is 4. The van der Waals surface area contributed by atoms with E-state index >= 15 is 0 Å². The summed E-state index contributed by atoms with van der Waals surface area (Å²) in [5.41, 5.74) is 2.97. The lowest BCUT2D eigenvalue weighted by atomic mass is 10.3. The van der Waals surface area contributed by atoms with Gasteiger partial charge in [0.05, 0.1) is 0 Å². The Bertz CT molecular complexity index is 1110. The van der Waals surface area contributed by atoms with Crippen LogP contribution >= 0.6 is 0 Å². The summed E-state index contributed by atoms with van der Waals surface area (Å²) in [6, 6.07) is 48.4. The SMILES string of the molecule is C/C=C(/C)C[Si](c1ccccc1)(c1ccccc1)[Si](C/C(C)=C\C)(c1ccccc1)c1ccccc1. The molecule has 0 saturated carbocycles. The maximum absolute atomic E-state index is 2.44. The highest BCUT2D eigenvalue weighted by atomic mass is 29.3. The van der Waals surface area contributed by atoms with Gasteiger partial charge in [0.2, 0.25) is 0 Å². The third kappa shape index (κ3) is 4.76. The average Bonchev–Trinajstić information content (AvgIpc) is 2.96. The fraction of sp³-hybridized carbons (Fsp3) is 0.176. The first-order valence-electron chi connectivity index (χ1n) is 13.0. The lowest BCUT2D eigenvalue weighted by molar-refractivity contribution is 1.30. The summed E-state index contributed by atoms with van der Waals surface area (Å²) in [6.07, 6.45) is 4.68. The number of allylic oxidation sites excluding steroid dienone is 4. The Morgan fingerprint density at radius 2 is 0.667 bits per heavy atom. The first-order chi connectivity index (χ1) is 17.6. The normalized spacial score (nSPS) is 13.0. The van der Waals surface area contributed by atoms with Crippen molar-refractivity contribution in [3.8, 4) is 0 Å². The highest BCUT2D eigenvalue weighted by molar-refractivity contribution is 7.60. The van der Waals surface area contributed by atoms with Crippen LogP contribution < -0.4 is 20.7 Å². The zero-order valence-corrected chi connectivity index (χ0v) is 24.1. The lowest BCUT2D eigenvalue weighted by Gasteiger charge is -2.50. The Morgan fingerprint density at radius 1 is 0.444 bits per heavy atom. The van der Waals surface area contributed by atoms with E-state index in [1.165, 1.54) is 11.1 Å². The molecule has 4 aromatic rings. The predicted octanol–water partition coefficient (Wildman–Crippen LogP) is 6.52. The lowest BCUT2D eigenvalue weighted by Crippen LogP contribution is -2.85. The highest BCUT2D eigenvalue weighted by Crippen LogP contribution is 2.33. The van der Waals surface area contributed by atoms with Gasteiger partial charge >= 0.3 is 0 Å². The van der Waals surface area contributed by atoms with Crippen LogP contribution in [0.25, 0.3) is 0 Å². The van der Waals surface area contributed by atoms with Crippen LogP contribution in [0.5, 0.6) is 0 Å². The van der Waals surface area contributed by atoms with Crippen molar-refractivity contribution in [3.63, 3.8) is 0 Å². The third-order valence-electron chi connectivity index (χ3n) is 7.87. The van der Waals surface area contributed by atoms with E-state index in [-0.39, 0.29) is 0 Å². The Hall–Kier alpha value is -3.21. The molecule has 4 rings (SSSR count). The van der Waals surface area contributed by atoms with E-state index in [9.17, 15) is 0 Å². The van der Waals surface area contributed by atoms with E-state index in [0.29, 0.717) is 0 Å². The number of hydrogen-bond acceptors (Lipinski definition) is 0. The molecule has 0 aliphatic carbocycles. The molecule has 0 saturated heterocycles. The maximum atomic E-state index is 2.43. The van der Waals surface area contributed by atoms with E-state index in [1.54, 1.807) is 20.7 Å². The molecule has 0 unspecified atom stereocenters. The minimum Gasteiger partial charge on any atom is -0.0890 e. The van der Waals surface area contributed by atoms with E-state index in [4.69, 9.17) is 0 Å². The molecule has 0 radical (unpaired) electrons. The van der Waals surface area contributed by atoms with Gasteiger partial charge in [0.1, 0.15) is 15.2 Å². The fourth-order valence-electron chi connectivity index (χ4n) is 5.96. The molecule has 0 amide bonds. The first-order valence-corrected chi connectivity index (χ1v) is 18.5. The van der Waals surface area contributed by atoms with Crippen LogP contribution in [0.2, 0.25) is 12.1 Å². The van der Waals surface area contributed by atoms with Gasteiger partial charge in [0.25, 0.3) is 0 Å². The van der Waals surface area contributed by atoms with E-state index in [0.717, 1.165) is 12.1 Å². The van der Waals surface area contributed by atoms with Crippen molar-refractivity contribution in [1.29, 1.82) is 0 Å². The summed E-state index contributed by atoms with van der Waals surface area (Å²) in [5, 5.41) is 6.17. The van der Waals surface area contributed by atoms with Crippen LogP contribution in [0.4, 0.5) is 0 Å². The average molecular weight is 503 g/mol. The van der Waals surface area contributed by atoms with Gasteiger partial charge in [0.15, 0.2) is 0 Å². The Balaban J connectivity index is 2.28. The van der Waals surface area contributed by atoms with Crippen molar-refractivity contribution in [2.24, 2.45) is 0 Å². The van der Waals surface area contributed by atoms with Gasteiger partial charge in [-0.25, -0.2) is 0 Å². The van der Waals surface area contributed by atoms with Gasteiger partial charge in [-0.2, -0.15) is 0 Å². The molecule has 0 aliphatic rings. The standard InChI is InChI=1S/C34H38Si2/c1-5-29(3)27-35(31-19-11-7-12-20-31,32-21-13-8-14-22-32)36(28-30(4)6-2,33-23-15-9-16-24-33)34-25-17-10-18-26-34/h5-26H,27-28H2,1-4H3/b29-5-,30-6-. The molecule has 0 aromatic heterocycles. The summed E-state index contributed by atoms with van der Waals surface area (Å²) in [5.74, 6) is 0. The van der Waals surface area contributed by atoms with E-state index < -0.39 is 15.2 Å². The summed E-state index contributed by atoms with van der Waals surface area (Å²) in [4.78, 5) is 0. The van der Waals surface area contributed by atoms with Gasteiger partial charge < -0.3 is 0 Å². The molecular formula is C34H38Si2. The molecule has 0 spiro atoms. The number of rotatable bonds is 9. The second kappa shape index (κ2) is 11.7. The smallest absolute Gasteiger partial charge is 0.0890 e.